The van der Waals surface area contributed by atoms with Crippen LogP contribution in [0.15, 0.2) is 0 Å². The van der Waals surface area contributed by atoms with Gasteiger partial charge >= 0.3 is 0 Å². The van der Waals surface area contributed by atoms with E-state index in [2.05, 4.69) is 16.3 Å². The monoisotopic (exact) mass is 260 g/mol. The summed E-state index contributed by atoms with van der Waals surface area (Å²) in [5.41, 5.74) is 2.38. The van der Waals surface area contributed by atoms with E-state index in [1.807, 2.05) is 25.8 Å². The largest absolute Gasteiger partial charge is 0.381 e. The Labute approximate surface area is 114 Å². The van der Waals surface area contributed by atoms with Gasteiger partial charge in [0, 0.05) is 26.8 Å². The topological polar surface area (TPSA) is 62.0 Å². The highest BCUT2D eigenvalue weighted by atomic mass is 16.5. The minimum absolute atomic E-state index is 0.605. The summed E-state index contributed by atoms with van der Waals surface area (Å²) in [7, 11) is 1.98. The smallest absolute Gasteiger partial charge is 0.169 e. The maximum absolute atomic E-state index is 9.31. The SMILES string of the molecule is Cc1nnc(N(C)CC2CCOCC2)c(C#N)c1C. The average Bonchev–Trinajstić information content (AvgIpc) is 2.42. The number of nitriles is 1. The zero-order chi connectivity index (χ0) is 13.8. The third-order valence-corrected chi connectivity index (χ3v) is 3.78. The van der Waals surface area contributed by atoms with Gasteiger partial charge in [-0.25, -0.2) is 0 Å². The van der Waals surface area contributed by atoms with Crippen molar-refractivity contribution in [2.75, 3.05) is 31.7 Å². The Bertz CT molecular complexity index is 489. The standard InChI is InChI=1S/C14H20N4O/c1-10-11(2)16-17-14(13(10)8-15)18(3)9-12-4-6-19-7-5-12/h12H,4-7,9H2,1-3H3. The molecular weight excluding hydrogens is 240 g/mol. The molecule has 0 aliphatic carbocycles. The van der Waals surface area contributed by atoms with Gasteiger partial charge in [0.05, 0.1) is 5.69 Å². The Morgan fingerprint density at radius 2 is 2.00 bits per heavy atom. The summed E-state index contributed by atoms with van der Waals surface area (Å²) >= 11 is 0. The Balaban J connectivity index is 2.16. The molecule has 1 aliphatic rings. The minimum Gasteiger partial charge on any atom is -0.381 e. The molecule has 0 spiro atoms. The number of aryl methyl sites for hydroxylation is 1. The number of anilines is 1. The summed E-state index contributed by atoms with van der Waals surface area (Å²) in [6, 6.07) is 2.25. The highest BCUT2D eigenvalue weighted by molar-refractivity contribution is 5.57. The molecule has 5 nitrogen and oxygen atoms in total. The summed E-state index contributed by atoms with van der Waals surface area (Å²) < 4.78 is 5.37. The molecule has 102 valence electrons. The van der Waals surface area contributed by atoms with Crippen LogP contribution in [0.5, 0.6) is 0 Å². The second-order valence-electron chi connectivity index (χ2n) is 5.16. The molecule has 5 heteroatoms. The Hall–Kier alpha value is -1.67. The van der Waals surface area contributed by atoms with Crippen molar-refractivity contribution < 1.29 is 4.74 Å². The molecule has 1 saturated heterocycles. The summed E-state index contributed by atoms with van der Waals surface area (Å²) in [5.74, 6) is 1.30. The van der Waals surface area contributed by atoms with Gasteiger partial charge in [-0.2, -0.15) is 10.4 Å². The van der Waals surface area contributed by atoms with Crippen molar-refractivity contribution in [1.29, 1.82) is 5.26 Å². The first-order valence-corrected chi connectivity index (χ1v) is 6.66. The van der Waals surface area contributed by atoms with Crippen LogP contribution in [0.4, 0.5) is 5.82 Å². The van der Waals surface area contributed by atoms with E-state index in [1.54, 1.807) is 0 Å². The fourth-order valence-electron chi connectivity index (χ4n) is 2.40. The van der Waals surface area contributed by atoms with Crippen LogP contribution in [0.25, 0.3) is 0 Å². The molecule has 1 fully saturated rings. The third kappa shape index (κ3) is 3.02. The van der Waals surface area contributed by atoms with Gasteiger partial charge in [0.15, 0.2) is 5.82 Å². The molecule has 0 radical (unpaired) electrons. The predicted octanol–water partition coefficient (Wildman–Crippen LogP) is 1.83. The molecule has 1 aliphatic heterocycles. The van der Waals surface area contributed by atoms with Crippen LogP contribution in [0.3, 0.4) is 0 Å². The van der Waals surface area contributed by atoms with Crippen molar-refractivity contribution in [1.82, 2.24) is 10.2 Å². The van der Waals surface area contributed by atoms with Gasteiger partial charge in [-0.3, -0.25) is 0 Å². The number of rotatable bonds is 3. The van der Waals surface area contributed by atoms with Crippen LogP contribution in [0, 0.1) is 31.1 Å². The number of aromatic nitrogens is 2. The van der Waals surface area contributed by atoms with E-state index in [9.17, 15) is 5.26 Å². The summed E-state index contributed by atoms with van der Waals surface area (Å²) in [5, 5.41) is 17.6. The molecule has 1 aromatic heterocycles. The fraction of sp³-hybridized carbons (Fsp3) is 0.643. The van der Waals surface area contributed by atoms with E-state index in [-0.39, 0.29) is 0 Å². The second kappa shape index (κ2) is 5.98. The van der Waals surface area contributed by atoms with Crippen LogP contribution in [0.1, 0.15) is 29.7 Å². The lowest BCUT2D eigenvalue weighted by molar-refractivity contribution is 0.0685. The van der Waals surface area contributed by atoms with E-state index in [0.29, 0.717) is 17.3 Å². The van der Waals surface area contributed by atoms with Gasteiger partial charge in [-0.05, 0) is 38.2 Å². The summed E-state index contributed by atoms with van der Waals surface area (Å²) in [4.78, 5) is 2.05. The van der Waals surface area contributed by atoms with Crippen molar-refractivity contribution in [3.05, 3.63) is 16.8 Å². The quantitative estimate of drug-likeness (QED) is 0.829. The second-order valence-corrected chi connectivity index (χ2v) is 5.16. The van der Waals surface area contributed by atoms with Crippen LogP contribution in [-0.2, 0) is 4.74 Å². The van der Waals surface area contributed by atoms with Crippen molar-refractivity contribution in [3.63, 3.8) is 0 Å². The van der Waals surface area contributed by atoms with Gasteiger partial charge in [-0.15, -0.1) is 5.10 Å². The van der Waals surface area contributed by atoms with Gasteiger partial charge < -0.3 is 9.64 Å². The van der Waals surface area contributed by atoms with E-state index in [4.69, 9.17) is 4.74 Å². The lowest BCUT2D eigenvalue weighted by Gasteiger charge is -2.28. The predicted molar refractivity (Wildman–Crippen MR) is 73.0 cm³/mol. The molecule has 0 bridgehead atoms. The van der Waals surface area contributed by atoms with Crippen LogP contribution in [-0.4, -0.2) is 37.0 Å². The fourth-order valence-corrected chi connectivity index (χ4v) is 2.40. The number of hydrogen-bond donors (Lipinski definition) is 0. The summed E-state index contributed by atoms with van der Waals surface area (Å²) in [6.45, 7) is 6.37. The Morgan fingerprint density at radius 1 is 1.32 bits per heavy atom. The molecule has 0 unspecified atom stereocenters. The summed E-state index contributed by atoms with van der Waals surface area (Å²) in [6.07, 6.45) is 2.15. The molecule has 0 amide bonds. The third-order valence-electron chi connectivity index (χ3n) is 3.78. The van der Waals surface area contributed by atoms with Gasteiger partial charge in [0.2, 0.25) is 0 Å². The lowest BCUT2D eigenvalue weighted by Crippen LogP contribution is -2.31. The van der Waals surface area contributed by atoms with E-state index < -0.39 is 0 Å². The normalized spacial score (nSPS) is 16.1. The van der Waals surface area contributed by atoms with Crippen molar-refractivity contribution >= 4 is 5.82 Å². The van der Waals surface area contributed by atoms with E-state index in [0.717, 1.165) is 43.9 Å². The zero-order valence-corrected chi connectivity index (χ0v) is 11.8. The van der Waals surface area contributed by atoms with Crippen molar-refractivity contribution in [2.45, 2.75) is 26.7 Å². The first kappa shape index (κ1) is 13.8. The van der Waals surface area contributed by atoms with Gasteiger partial charge in [0.25, 0.3) is 0 Å². The maximum atomic E-state index is 9.31. The molecule has 1 aromatic rings. The maximum Gasteiger partial charge on any atom is 0.169 e. The molecule has 0 aromatic carbocycles. The Morgan fingerprint density at radius 3 is 2.63 bits per heavy atom. The van der Waals surface area contributed by atoms with Gasteiger partial charge in [-0.1, -0.05) is 0 Å². The molecule has 0 N–H and O–H groups in total. The molecule has 0 atom stereocenters. The average molecular weight is 260 g/mol. The molecule has 0 saturated carbocycles. The number of hydrogen-bond acceptors (Lipinski definition) is 5. The first-order chi connectivity index (χ1) is 9.13. The number of nitrogens with zero attached hydrogens (tertiary/aromatic N) is 4. The number of ether oxygens (including phenoxy) is 1. The van der Waals surface area contributed by atoms with Crippen LogP contribution >= 0.6 is 0 Å². The van der Waals surface area contributed by atoms with Crippen LogP contribution in [0.2, 0.25) is 0 Å². The van der Waals surface area contributed by atoms with Crippen molar-refractivity contribution in [2.24, 2.45) is 5.92 Å². The van der Waals surface area contributed by atoms with E-state index in [1.165, 1.54) is 0 Å². The van der Waals surface area contributed by atoms with Gasteiger partial charge in [0.1, 0.15) is 11.6 Å². The van der Waals surface area contributed by atoms with E-state index >= 15 is 0 Å². The molecular formula is C14H20N4O. The molecule has 19 heavy (non-hydrogen) atoms. The lowest BCUT2D eigenvalue weighted by atomic mass is 9.99. The highest BCUT2D eigenvalue weighted by Gasteiger charge is 2.20. The molecule has 2 rings (SSSR count). The molecule has 2 heterocycles. The Kier molecular flexibility index (Phi) is 4.33. The van der Waals surface area contributed by atoms with Crippen molar-refractivity contribution in [3.8, 4) is 6.07 Å². The zero-order valence-electron chi connectivity index (χ0n) is 11.8. The first-order valence-electron chi connectivity index (χ1n) is 6.66. The highest BCUT2D eigenvalue weighted by Crippen LogP contribution is 2.23. The van der Waals surface area contributed by atoms with Crippen LogP contribution < -0.4 is 4.90 Å². The minimum atomic E-state index is 0.605.